The Balaban J connectivity index is 2.10. The highest BCUT2D eigenvalue weighted by Crippen LogP contribution is 2.31. The van der Waals surface area contributed by atoms with Gasteiger partial charge in [-0.2, -0.15) is 0 Å². The molecule has 1 atom stereocenters. The van der Waals surface area contributed by atoms with Crippen LogP contribution in [0.4, 0.5) is 11.4 Å². The maximum atomic E-state index is 11.1. The van der Waals surface area contributed by atoms with E-state index in [1.54, 1.807) is 6.07 Å². The van der Waals surface area contributed by atoms with Crippen molar-refractivity contribution in [1.29, 1.82) is 0 Å². The average Bonchev–Trinajstić information content (AvgIpc) is 2.84. The molecular weight excluding hydrogens is 292 g/mol. The van der Waals surface area contributed by atoms with Crippen LogP contribution in [0.1, 0.15) is 33.6 Å². The summed E-state index contributed by atoms with van der Waals surface area (Å²) in [7, 11) is 0. The van der Waals surface area contributed by atoms with Crippen LogP contribution in [0.3, 0.4) is 0 Å². The van der Waals surface area contributed by atoms with Gasteiger partial charge in [-0.15, -0.1) is 0 Å². The first-order valence-electron chi connectivity index (χ1n) is 7.10. The summed E-state index contributed by atoms with van der Waals surface area (Å²) in [5.74, 6) is 0. The summed E-state index contributed by atoms with van der Waals surface area (Å²) >= 11 is 5.82. The number of likely N-dealkylation sites (tertiary alicyclic amines) is 1. The number of anilines is 1. The number of aromatic nitrogens is 1. The number of nitrogens with one attached hydrogen (secondary N) is 1. The van der Waals surface area contributed by atoms with E-state index in [9.17, 15) is 10.1 Å². The number of pyridine rings is 1. The fourth-order valence-corrected chi connectivity index (χ4v) is 3.13. The maximum absolute atomic E-state index is 11.1. The number of nitrogens with zero attached hydrogens (tertiary/aromatic N) is 3. The molecule has 2 heterocycles. The van der Waals surface area contributed by atoms with Crippen molar-refractivity contribution >= 4 is 23.0 Å². The van der Waals surface area contributed by atoms with Crippen molar-refractivity contribution in [2.45, 2.75) is 45.2 Å². The standard InChI is InChI=1S/C14H21ClN4O2/c1-14(2,3)18-8-4-5-10(18)9-17-11-6-7-16-13(15)12(11)19(20)21/h6-7,10H,4-5,8-9H2,1-3H3,(H,16,17)/t10-/m0/s1. The summed E-state index contributed by atoms with van der Waals surface area (Å²) in [6.45, 7) is 8.30. The fraction of sp³-hybridized carbons (Fsp3) is 0.643. The molecule has 0 bridgehead atoms. The zero-order valence-electron chi connectivity index (χ0n) is 12.6. The molecule has 1 aliphatic heterocycles. The summed E-state index contributed by atoms with van der Waals surface area (Å²) in [6, 6.07) is 1.97. The van der Waals surface area contributed by atoms with Gasteiger partial charge in [0.15, 0.2) is 0 Å². The molecule has 0 saturated carbocycles. The molecule has 1 fully saturated rings. The van der Waals surface area contributed by atoms with Gasteiger partial charge in [-0.25, -0.2) is 4.98 Å². The second-order valence-electron chi connectivity index (χ2n) is 6.30. The van der Waals surface area contributed by atoms with E-state index in [2.05, 4.69) is 36.0 Å². The van der Waals surface area contributed by atoms with Crippen molar-refractivity contribution in [3.63, 3.8) is 0 Å². The average molecular weight is 313 g/mol. The van der Waals surface area contributed by atoms with Crippen molar-refractivity contribution < 1.29 is 4.92 Å². The summed E-state index contributed by atoms with van der Waals surface area (Å²) in [4.78, 5) is 16.8. The Morgan fingerprint density at radius 3 is 2.90 bits per heavy atom. The molecule has 1 N–H and O–H groups in total. The van der Waals surface area contributed by atoms with Crippen molar-refractivity contribution in [1.82, 2.24) is 9.88 Å². The van der Waals surface area contributed by atoms with Gasteiger partial charge in [-0.05, 0) is 46.2 Å². The molecule has 1 saturated heterocycles. The van der Waals surface area contributed by atoms with E-state index in [0.717, 1.165) is 19.4 Å². The molecule has 0 spiro atoms. The minimum Gasteiger partial charge on any atom is -0.378 e. The van der Waals surface area contributed by atoms with E-state index < -0.39 is 4.92 Å². The van der Waals surface area contributed by atoms with Gasteiger partial charge in [0.05, 0.1) is 4.92 Å². The topological polar surface area (TPSA) is 71.3 Å². The number of hydrogen-bond acceptors (Lipinski definition) is 5. The summed E-state index contributed by atoms with van der Waals surface area (Å²) in [6.07, 6.45) is 3.73. The minimum absolute atomic E-state index is 0.0795. The molecule has 1 aromatic heterocycles. The Morgan fingerprint density at radius 1 is 1.57 bits per heavy atom. The van der Waals surface area contributed by atoms with Crippen LogP contribution in [0.15, 0.2) is 12.3 Å². The molecule has 2 rings (SSSR count). The molecule has 116 valence electrons. The van der Waals surface area contributed by atoms with Crippen molar-refractivity contribution in [3.05, 3.63) is 27.5 Å². The SMILES string of the molecule is CC(C)(C)N1CCC[C@H]1CNc1ccnc(Cl)c1[N+](=O)[O-]. The van der Waals surface area contributed by atoms with Crippen LogP contribution >= 0.6 is 11.6 Å². The molecule has 0 aliphatic carbocycles. The molecule has 1 aliphatic rings. The highest BCUT2D eigenvalue weighted by Gasteiger charge is 2.33. The van der Waals surface area contributed by atoms with Crippen molar-refractivity contribution in [2.75, 3.05) is 18.4 Å². The van der Waals surface area contributed by atoms with Crippen LogP contribution in [-0.4, -0.2) is 39.5 Å². The third-order valence-electron chi connectivity index (χ3n) is 3.83. The van der Waals surface area contributed by atoms with Gasteiger partial charge in [0.1, 0.15) is 5.69 Å². The third kappa shape index (κ3) is 3.63. The second kappa shape index (κ2) is 6.15. The number of halogens is 1. The Bertz CT molecular complexity index is 530. The van der Waals surface area contributed by atoms with E-state index >= 15 is 0 Å². The third-order valence-corrected chi connectivity index (χ3v) is 4.11. The van der Waals surface area contributed by atoms with Gasteiger partial charge in [-0.1, -0.05) is 11.6 Å². The Kier molecular flexibility index (Phi) is 4.68. The molecule has 6 nitrogen and oxygen atoms in total. The van der Waals surface area contributed by atoms with Crippen LogP contribution < -0.4 is 5.32 Å². The van der Waals surface area contributed by atoms with Gasteiger partial charge in [0.25, 0.3) is 0 Å². The van der Waals surface area contributed by atoms with E-state index in [-0.39, 0.29) is 16.4 Å². The molecule has 0 aromatic carbocycles. The molecular formula is C14H21ClN4O2. The van der Waals surface area contributed by atoms with Gasteiger partial charge in [0.2, 0.25) is 5.15 Å². The summed E-state index contributed by atoms with van der Waals surface area (Å²) < 4.78 is 0. The first kappa shape index (κ1) is 16.0. The fourth-order valence-electron chi connectivity index (χ4n) is 2.90. The van der Waals surface area contributed by atoms with Crippen molar-refractivity contribution in [2.24, 2.45) is 0 Å². The van der Waals surface area contributed by atoms with Gasteiger partial charge >= 0.3 is 5.69 Å². The van der Waals surface area contributed by atoms with E-state index in [0.29, 0.717) is 18.3 Å². The van der Waals surface area contributed by atoms with E-state index in [4.69, 9.17) is 11.6 Å². The van der Waals surface area contributed by atoms with Gasteiger partial charge < -0.3 is 5.32 Å². The Hall–Kier alpha value is -1.40. The summed E-state index contributed by atoms with van der Waals surface area (Å²) in [5, 5.41) is 14.2. The second-order valence-corrected chi connectivity index (χ2v) is 6.65. The Labute approximate surface area is 129 Å². The predicted octanol–water partition coefficient (Wildman–Crippen LogP) is 3.32. The molecule has 7 heteroatoms. The quantitative estimate of drug-likeness (QED) is 0.524. The zero-order valence-corrected chi connectivity index (χ0v) is 13.4. The molecule has 0 amide bonds. The number of nitro groups is 1. The first-order valence-corrected chi connectivity index (χ1v) is 7.48. The first-order chi connectivity index (χ1) is 9.80. The smallest absolute Gasteiger partial charge is 0.329 e. The predicted molar refractivity (Wildman–Crippen MR) is 83.9 cm³/mol. The summed E-state index contributed by atoms with van der Waals surface area (Å²) in [5.41, 5.74) is 0.380. The highest BCUT2D eigenvalue weighted by molar-refractivity contribution is 6.32. The minimum atomic E-state index is -0.492. The van der Waals surface area contributed by atoms with Crippen molar-refractivity contribution in [3.8, 4) is 0 Å². The molecule has 0 radical (unpaired) electrons. The lowest BCUT2D eigenvalue weighted by molar-refractivity contribution is -0.384. The largest absolute Gasteiger partial charge is 0.378 e. The van der Waals surface area contributed by atoms with E-state index in [1.807, 2.05) is 0 Å². The molecule has 0 unspecified atom stereocenters. The maximum Gasteiger partial charge on any atom is 0.329 e. The monoisotopic (exact) mass is 312 g/mol. The van der Waals surface area contributed by atoms with Crippen LogP contribution in [0.25, 0.3) is 0 Å². The normalized spacial score (nSPS) is 19.7. The van der Waals surface area contributed by atoms with Crippen LogP contribution in [0, 0.1) is 10.1 Å². The highest BCUT2D eigenvalue weighted by atomic mass is 35.5. The number of rotatable bonds is 4. The Morgan fingerprint density at radius 2 is 2.29 bits per heavy atom. The lowest BCUT2D eigenvalue weighted by Crippen LogP contribution is -2.47. The van der Waals surface area contributed by atoms with Crippen LogP contribution in [-0.2, 0) is 0 Å². The lowest BCUT2D eigenvalue weighted by atomic mass is 10.0. The van der Waals surface area contributed by atoms with Crippen LogP contribution in [0.5, 0.6) is 0 Å². The molecule has 21 heavy (non-hydrogen) atoms. The lowest BCUT2D eigenvalue weighted by Gasteiger charge is -2.37. The zero-order chi connectivity index (χ0) is 15.6. The van der Waals surface area contributed by atoms with E-state index in [1.165, 1.54) is 6.20 Å². The van der Waals surface area contributed by atoms with Gasteiger partial charge in [-0.3, -0.25) is 15.0 Å². The molecule has 1 aromatic rings. The number of hydrogen-bond donors (Lipinski definition) is 1. The van der Waals surface area contributed by atoms with Crippen LogP contribution in [0.2, 0.25) is 5.15 Å². The van der Waals surface area contributed by atoms with Gasteiger partial charge in [0, 0.05) is 24.3 Å².